The van der Waals surface area contributed by atoms with Crippen LogP contribution in [0.5, 0.6) is 0 Å². The summed E-state index contributed by atoms with van der Waals surface area (Å²) in [5.41, 5.74) is 11.4. The molecule has 0 radical (unpaired) electrons. The zero-order chi connectivity index (χ0) is 13.2. The van der Waals surface area contributed by atoms with Gasteiger partial charge in [-0.2, -0.15) is 0 Å². The maximum Gasteiger partial charge on any atom is 0.0961 e. The van der Waals surface area contributed by atoms with Gasteiger partial charge in [0.1, 0.15) is 0 Å². The van der Waals surface area contributed by atoms with Crippen LogP contribution in [0.1, 0.15) is 18.1 Å². The molecule has 0 aliphatic heterocycles. The first kappa shape index (κ1) is 11.8. The SMILES string of the molecule is CCc1ccccc1Cn1cnc2cc(N)ccc21. The van der Waals surface area contributed by atoms with E-state index in [0.717, 1.165) is 29.7 Å². The second-order valence-electron chi connectivity index (χ2n) is 4.74. The molecule has 3 heteroatoms. The number of hydrogen-bond donors (Lipinski definition) is 1. The highest BCUT2D eigenvalue weighted by Crippen LogP contribution is 2.19. The van der Waals surface area contributed by atoms with Crippen molar-refractivity contribution in [2.45, 2.75) is 19.9 Å². The molecule has 1 heterocycles. The third-order valence-corrected chi connectivity index (χ3v) is 3.49. The Morgan fingerprint density at radius 3 is 2.68 bits per heavy atom. The molecule has 0 saturated heterocycles. The van der Waals surface area contributed by atoms with Gasteiger partial charge in [0.05, 0.1) is 17.4 Å². The lowest BCUT2D eigenvalue weighted by Gasteiger charge is -2.09. The Hall–Kier alpha value is -2.29. The summed E-state index contributed by atoms with van der Waals surface area (Å²) in [6.07, 6.45) is 2.94. The van der Waals surface area contributed by atoms with E-state index < -0.39 is 0 Å². The van der Waals surface area contributed by atoms with Gasteiger partial charge in [0, 0.05) is 12.2 Å². The number of imidazole rings is 1. The molecule has 0 atom stereocenters. The summed E-state index contributed by atoms with van der Waals surface area (Å²) in [5.74, 6) is 0. The van der Waals surface area contributed by atoms with Gasteiger partial charge >= 0.3 is 0 Å². The van der Waals surface area contributed by atoms with E-state index in [1.807, 2.05) is 24.5 Å². The molecule has 0 saturated carbocycles. The van der Waals surface area contributed by atoms with E-state index in [1.54, 1.807) is 0 Å². The number of nitrogens with zero attached hydrogens (tertiary/aromatic N) is 2. The summed E-state index contributed by atoms with van der Waals surface area (Å²) >= 11 is 0. The number of nitrogens with two attached hydrogens (primary N) is 1. The molecule has 1 aromatic heterocycles. The molecular weight excluding hydrogens is 234 g/mol. The second kappa shape index (κ2) is 4.76. The monoisotopic (exact) mass is 251 g/mol. The van der Waals surface area contributed by atoms with Crippen LogP contribution in [0.15, 0.2) is 48.8 Å². The second-order valence-corrected chi connectivity index (χ2v) is 4.74. The maximum atomic E-state index is 5.78. The van der Waals surface area contributed by atoms with Gasteiger partial charge in [-0.3, -0.25) is 0 Å². The van der Waals surface area contributed by atoms with Crippen molar-refractivity contribution in [1.29, 1.82) is 0 Å². The molecule has 0 bridgehead atoms. The molecule has 96 valence electrons. The van der Waals surface area contributed by atoms with Crippen LogP contribution in [0.4, 0.5) is 5.69 Å². The first-order valence-corrected chi connectivity index (χ1v) is 6.55. The van der Waals surface area contributed by atoms with E-state index in [2.05, 4.69) is 40.7 Å². The third kappa shape index (κ3) is 2.19. The van der Waals surface area contributed by atoms with Gasteiger partial charge in [-0.1, -0.05) is 31.2 Å². The average Bonchev–Trinajstić information content (AvgIpc) is 2.82. The molecule has 0 amide bonds. The predicted octanol–water partition coefficient (Wildman–Crippen LogP) is 3.23. The van der Waals surface area contributed by atoms with E-state index in [-0.39, 0.29) is 0 Å². The quantitative estimate of drug-likeness (QED) is 0.726. The Balaban J connectivity index is 2.01. The summed E-state index contributed by atoms with van der Waals surface area (Å²) in [7, 11) is 0. The normalized spacial score (nSPS) is 11.0. The standard InChI is InChI=1S/C16H17N3/c1-2-12-5-3-4-6-13(12)10-19-11-18-15-9-14(17)7-8-16(15)19/h3-9,11H,2,10,17H2,1H3. The first-order valence-electron chi connectivity index (χ1n) is 6.55. The summed E-state index contributed by atoms with van der Waals surface area (Å²) in [6, 6.07) is 14.4. The number of fused-ring (bicyclic) bond motifs is 1. The number of nitrogen functional groups attached to an aromatic ring is 1. The summed E-state index contributed by atoms with van der Waals surface area (Å²) < 4.78 is 2.17. The Bertz CT molecular complexity index is 713. The highest BCUT2D eigenvalue weighted by molar-refractivity contribution is 5.79. The third-order valence-electron chi connectivity index (χ3n) is 3.49. The summed E-state index contributed by atoms with van der Waals surface area (Å²) in [5, 5.41) is 0. The van der Waals surface area contributed by atoms with Crippen LogP contribution in [0.25, 0.3) is 11.0 Å². The van der Waals surface area contributed by atoms with Gasteiger partial charge in [-0.25, -0.2) is 4.98 Å². The van der Waals surface area contributed by atoms with Gasteiger partial charge in [-0.05, 0) is 35.7 Å². The Labute approximate surface area is 112 Å². The van der Waals surface area contributed by atoms with Crippen LogP contribution in [0.2, 0.25) is 0 Å². The van der Waals surface area contributed by atoms with Gasteiger partial charge in [0.15, 0.2) is 0 Å². The van der Waals surface area contributed by atoms with E-state index in [9.17, 15) is 0 Å². The number of aromatic nitrogens is 2. The minimum Gasteiger partial charge on any atom is -0.399 e. The highest BCUT2D eigenvalue weighted by atomic mass is 15.0. The van der Waals surface area contributed by atoms with Crippen LogP contribution >= 0.6 is 0 Å². The molecule has 3 nitrogen and oxygen atoms in total. The van der Waals surface area contributed by atoms with Gasteiger partial charge < -0.3 is 10.3 Å². The van der Waals surface area contributed by atoms with Crippen LogP contribution in [0, 0.1) is 0 Å². The van der Waals surface area contributed by atoms with Crippen molar-refractivity contribution in [3.05, 3.63) is 59.9 Å². The van der Waals surface area contributed by atoms with Crippen molar-refractivity contribution in [3.8, 4) is 0 Å². The van der Waals surface area contributed by atoms with Crippen molar-refractivity contribution in [2.24, 2.45) is 0 Å². The Morgan fingerprint density at radius 1 is 1.11 bits per heavy atom. The number of hydrogen-bond acceptors (Lipinski definition) is 2. The van der Waals surface area contributed by atoms with E-state index in [4.69, 9.17) is 5.73 Å². The van der Waals surface area contributed by atoms with Crippen molar-refractivity contribution in [2.75, 3.05) is 5.73 Å². The fourth-order valence-corrected chi connectivity index (χ4v) is 2.45. The lowest BCUT2D eigenvalue weighted by atomic mass is 10.1. The lowest BCUT2D eigenvalue weighted by molar-refractivity contribution is 0.812. The van der Waals surface area contributed by atoms with Crippen molar-refractivity contribution < 1.29 is 0 Å². The fourth-order valence-electron chi connectivity index (χ4n) is 2.45. The largest absolute Gasteiger partial charge is 0.399 e. The van der Waals surface area contributed by atoms with Crippen LogP contribution in [-0.2, 0) is 13.0 Å². The zero-order valence-corrected chi connectivity index (χ0v) is 11.0. The number of rotatable bonds is 3. The predicted molar refractivity (Wildman–Crippen MR) is 79.1 cm³/mol. The van der Waals surface area contributed by atoms with E-state index >= 15 is 0 Å². The molecule has 0 unspecified atom stereocenters. The van der Waals surface area contributed by atoms with Crippen molar-refractivity contribution in [1.82, 2.24) is 9.55 Å². The van der Waals surface area contributed by atoms with Gasteiger partial charge in [0.2, 0.25) is 0 Å². The topological polar surface area (TPSA) is 43.8 Å². The van der Waals surface area contributed by atoms with Crippen LogP contribution in [0.3, 0.4) is 0 Å². The van der Waals surface area contributed by atoms with Crippen molar-refractivity contribution in [3.63, 3.8) is 0 Å². The minimum absolute atomic E-state index is 0.756. The van der Waals surface area contributed by atoms with E-state index in [0.29, 0.717) is 0 Å². The molecule has 0 aliphatic rings. The molecule has 0 spiro atoms. The molecule has 3 rings (SSSR count). The summed E-state index contributed by atoms with van der Waals surface area (Å²) in [4.78, 5) is 4.41. The van der Waals surface area contributed by atoms with E-state index in [1.165, 1.54) is 11.1 Å². The Morgan fingerprint density at radius 2 is 1.89 bits per heavy atom. The Kier molecular flexibility index (Phi) is 2.95. The van der Waals surface area contributed by atoms with Gasteiger partial charge in [-0.15, -0.1) is 0 Å². The van der Waals surface area contributed by atoms with Crippen LogP contribution < -0.4 is 5.73 Å². The first-order chi connectivity index (χ1) is 9.28. The number of anilines is 1. The molecule has 0 aliphatic carbocycles. The minimum atomic E-state index is 0.756. The number of benzene rings is 2. The summed E-state index contributed by atoms with van der Waals surface area (Å²) in [6.45, 7) is 3.04. The number of aryl methyl sites for hydroxylation is 1. The molecule has 19 heavy (non-hydrogen) atoms. The van der Waals surface area contributed by atoms with Crippen LogP contribution in [-0.4, -0.2) is 9.55 Å². The maximum absolute atomic E-state index is 5.78. The molecule has 0 fully saturated rings. The molecular formula is C16H17N3. The van der Waals surface area contributed by atoms with Crippen molar-refractivity contribution >= 4 is 16.7 Å². The zero-order valence-electron chi connectivity index (χ0n) is 11.0. The lowest BCUT2D eigenvalue weighted by Crippen LogP contribution is -2.01. The van der Waals surface area contributed by atoms with Gasteiger partial charge in [0.25, 0.3) is 0 Å². The molecule has 3 aromatic rings. The average molecular weight is 251 g/mol. The fraction of sp³-hybridized carbons (Fsp3) is 0.188. The smallest absolute Gasteiger partial charge is 0.0961 e. The molecule has 2 aromatic carbocycles. The molecule has 2 N–H and O–H groups in total. The highest BCUT2D eigenvalue weighted by Gasteiger charge is 2.05.